The first-order valence-corrected chi connectivity index (χ1v) is 14.1. The fourth-order valence-corrected chi connectivity index (χ4v) is 5.16. The second-order valence-electron chi connectivity index (χ2n) is 10.2. The number of fused-ring (bicyclic) bond motifs is 1. The van der Waals surface area contributed by atoms with Crippen LogP contribution in [0.2, 0.25) is 5.02 Å². The number of aromatic nitrogens is 2. The molecule has 5 nitrogen and oxygen atoms in total. The zero-order valence-corrected chi connectivity index (χ0v) is 23.9. The Labute approximate surface area is 240 Å². The number of aryl methyl sites for hydroxylation is 3. The number of ether oxygens (including phenoxy) is 1. The van der Waals surface area contributed by atoms with Crippen molar-refractivity contribution in [1.29, 1.82) is 0 Å². The number of para-hydroxylation sites is 2. The molecule has 0 radical (unpaired) electrons. The monoisotopic (exact) mass is 551 g/mol. The minimum Gasteiger partial charge on any atom is -0.494 e. The van der Waals surface area contributed by atoms with Gasteiger partial charge in [0, 0.05) is 11.6 Å². The van der Waals surface area contributed by atoms with Gasteiger partial charge in [-0.2, -0.15) is 0 Å². The van der Waals surface area contributed by atoms with Crippen molar-refractivity contribution in [2.75, 3.05) is 6.61 Å². The van der Waals surface area contributed by atoms with Crippen molar-refractivity contribution in [3.63, 3.8) is 0 Å². The maximum Gasteiger partial charge on any atom is 0.224 e. The Balaban J connectivity index is 1.23. The summed E-state index contributed by atoms with van der Waals surface area (Å²) in [4.78, 5) is 17.9. The molecule has 204 valence electrons. The van der Waals surface area contributed by atoms with E-state index in [2.05, 4.69) is 40.2 Å². The standard InChI is InChI=1S/C34H34ClN3O2/c1-23-20-29(21-24(2)33(23)35)40-19-9-18-38-31-13-8-7-12-30(31)37-34(38)25(3)36-32(39)22-26-14-16-28(17-15-26)27-10-5-4-6-11-27/h4-8,10-17,20-21,25H,9,18-19,22H2,1-3H3,(H,36,39). The second-order valence-corrected chi connectivity index (χ2v) is 10.6. The predicted molar refractivity (Wildman–Crippen MR) is 163 cm³/mol. The zero-order valence-electron chi connectivity index (χ0n) is 23.2. The first kappa shape index (κ1) is 27.5. The lowest BCUT2D eigenvalue weighted by Gasteiger charge is -2.17. The van der Waals surface area contributed by atoms with E-state index in [1.165, 1.54) is 0 Å². The Hall–Kier alpha value is -4.09. The lowest BCUT2D eigenvalue weighted by molar-refractivity contribution is -0.121. The van der Waals surface area contributed by atoms with Gasteiger partial charge in [0.05, 0.1) is 30.1 Å². The highest BCUT2D eigenvalue weighted by atomic mass is 35.5. The third-order valence-corrected chi connectivity index (χ3v) is 7.68. The van der Waals surface area contributed by atoms with Crippen molar-refractivity contribution >= 4 is 28.5 Å². The quantitative estimate of drug-likeness (QED) is 0.180. The average Bonchev–Trinajstić information content (AvgIpc) is 3.33. The van der Waals surface area contributed by atoms with Crippen molar-refractivity contribution in [3.05, 3.63) is 119 Å². The van der Waals surface area contributed by atoms with E-state index in [1.807, 2.05) is 81.4 Å². The van der Waals surface area contributed by atoms with Crippen molar-refractivity contribution in [3.8, 4) is 16.9 Å². The van der Waals surface area contributed by atoms with Gasteiger partial charge in [0.15, 0.2) is 0 Å². The van der Waals surface area contributed by atoms with Crippen LogP contribution in [-0.4, -0.2) is 22.1 Å². The molecule has 0 aliphatic carbocycles. The number of imidazole rings is 1. The number of hydrogen-bond donors (Lipinski definition) is 1. The van der Waals surface area contributed by atoms with E-state index in [9.17, 15) is 4.79 Å². The number of hydrogen-bond acceptors (Lipinski definition) is 3. The van der Waals surface area contributed by atoms with E-state index >= 15 is 0 Å². The number of nitrogens with zero attached hydrogens (tertiary/aromatic N) is 2. The summed E-state index contributed by atoms with van der Waals surface area (Å²) in [5.74, 6) is 1.63. The summed E-state index contributed by atoms with van der Waals surface area (Å²) in [6, 6.07) is 30.2. The maximum absolute atomic E-state index is 13.0. The minimum absolute atomic E-state index is 0.0321. The Bertz CT molecular complexity index is 1590. The zero-order chi connectivity index (χ0) is 28.1. The summed E-state index contributed by atoms with van der Waals surface area (Å²) in [5, 5.41) is 3.94. The molecule has 0 aliphatic rings. The van der Waals surface area contributed by atoms with E-state index in [1.54, 1.807) is 0 Å². The molecule has 0 bridgehead atoms. The molecule has 1 unspecified atom stereocenters. The fraction of sp³-hybridized carbons (Fsp3) is 0.235. The van der Waals surface area contributed by atoms with E-state index in [4.69, 9.17) is 21.3 Å². The third kappa shape index (κ3) is 6.37. The van der Waals surface area contributed by atoms with Crippen LogP contribution in [0, 0.1) is 13.8 Å². The SMILES string of the molecule is Cc1cc(OCCCn2c(C(C)NC(=O)Cc3ccc(-c4ccccc4)cc3)nc3ccccc32)cc(C)c1Cl. The molecule has 1 N–H and O–H groups in total. The number of carbonyl (C=O) groups is 1. The van der Waals surface area contributed by atoms with Crippen LogP contribution in [0.4, 0.5) is 0 Å². The summed E-state index contributed by atoms with van der Waals surface area (Å²) in [6.45, 7) is 7.25. The number of rotatable bonds is 10. The van der Waals surface area contributed by atoms with Gasteiger partial charge in [0.2, 0.25) is 5.91 Å². The molecule has 0 saturated carbocycles. The maximum atomic E-state index is 13.0. The van der Waals surface area contributed by atoms with Crippen LogP contribution in [-0.2, 0) is 17.8 Å². The number of carbonyl (C=O) groups excluding carboxylic acids is 1. The largest absolute Gasteiger partial charge is 0.494 e. The van der Waals surface area contributed by atoms with Gasteiger partial charge in [-0.1, -0.05) is 78.3 Å². The van der Waals surface area contributed by atoms with Crippen LogP contribution in [0.25, 0.3) is 22.2 Å². The van der Waals surface area contributed by atoms with Crippen molar-refractivity contribution in [2.45, 2.75) is 46.2 Å². The Morgan fingerprint density at radius 2 is 1.57 bits per heavy atom. The second kappa shape index (κ2) is 12.4. The van der Waals surface area contributed by atoms with Gasteiger partial charge in [-0.3, -0.25) is 4.79 Å². The highest BCUT2D eigenvalue weighted by molar-refractivity contribution is 6.32. The van der Waals surface area contributed by atoms with Crippen molar-refractivity contribution in [2.24, 2.45) is 0 Å². The smallest absolute Gasteiger partial charge is 0.224 e. The Morgan fingerprint density at radius 1 is 0.925 bits per heavy atom. The van der Waals surface area contributed by atoms with Crippen molar-refractivity contribution < 1.29 is 9.53 Å². The van der Waals surface area contributed by atoms with Crippen LogP contribution in [0.3, 0.4) is 0 Å². The lowest BCUT2D eigenvalue weighted by atomic mass is 10.0. The molecular formula is C34H34ClN3O2. The molecule has 40 heavy (non-hydrogen) atoms. The third-order valence-electron chi connectivity index (χ3n) is 7.08. The average molecular weight is 552 g/mol. The summed E-state index contributed by atoms with van der Waals surface area (Å²) in [5.41, 5.74) is 7.26. The highest BCUT2D eigenvalue weighted by Crippen LogP contribution is 2.26. The number of halogens is 1. The van der Waals surface area contributed by atoms with Crippen LogP contribution in [0.5, 0.6) is 5.75 Å². The molecular weight excluding hydrogens is 518 g/mol. The molecule has 0 aliphatic heterocycles. The molecule has 4 aromatic carbocycles. The molecule has 0 saturated heterocycles. The summed E-state index contributed by atoms with van der Waals surface area (Å²) >= 11 is 6.30. The highest BCUT2D eigenvalue weighted by Gasteiger charge is 2.18. The van der Waals surface area contributed by atoms with Gasteiger partial charge in [-0.05, 0) is 79.3 Å². The van der Waals surface area contributed by atoms with Gasteiger partial charge in [0.1, 0.15) is 11.6 Å². The molecule has 1 aromatic heterocycles. The molecule has 5 rings (SSSR count). The van der Waals surface area contributed by atoms with Crippen LogP contribution in [0.15, 0.2) is 91.0 Å². The predicted octanol–water partition coefficient (Wildman–Crippen LogP) is 7.86. The van der Waals surface area contributed by atoms with Gasteiger partial charge in [-0.25, -0.2) is 4.98 Å². The lowest BCUT2D eigenvalue weighted by Crippen LogP contribution is -2.30. The minimum atomic E-state index is -0.244. The van der Waals surface area contributed by atoms with E-state index < -0.39 is 0 Å². The van der Waals surface area contributed by atoms with Crippen molar-refractivity contribution in [1.82, 2.24) is 14.9 Å². The first-order chi connectivity index (χ1) is 19.4. The van der Waals surface area contributed by atoms with Gasteiger partial charge >= 0.3 is 0 Å². The normalized spacial score (nSPS) is 11.9. The first-order valence-electron chi connectivity index (χ1n) is 13.7. The Kier molecular flexibility index (Phi) is 8.51. The molecule has 0 spiro atoms. The van der Waals surface area contributed by atoms with E-state index in [0.29, 0.717) is 13.0 Å². The van der Waals surface area contributed by atoms with Crippen LogP contribution in [0.1, 0.15) is 41.9 Å². The molecule has 5 aromatic rings. The van der Waals surface area contributed by atoms with Gasteiger partial charge in [0.25, 0.3) is 0 Å². The van der Waals surface area contributed by atoms with E-state index in [0.717, 1.165) is 68.4 Å². The molecule has 6 heteroatoms. The molecule has 1 heterocycles. The Morgan fingerprint density at radius 3 is 2.30 bits per heavy atom. The molecule has 1 amide bonds. The molecule has 1 atom stereocenters. The molecule has 0 fully saturated rings. The number of benzene rings is 4. The van der Waals surface area contributed by atoms with E-state index in [-0.39, 0.29) is 11.9 Å². The van der Waals surface area contributed by atoms with Crippen LogP contribution >= 0.6 is 11.6 Å². The van der Waals surface area contributed by atoms with Gasteiger partial charge < -0.3 is 14.6 Å². The summed E-state index contributed by atoms with van der Waals surface area (Å²) in [6.07, 6.45) is 1.11. The fourth-order valence-electron chi connectivity index (χ4n) is 5.05. The van der Waals surface area contributed by atoms with Gasteiger partial charge in [-0.15, -0.1) is 0 Å². The number of nitrogens with one attached hydrogen (secondary N) is 1. The topological polar surface area (TPSA) is 56.1 Å². The summed E-state index contributed by atoms with van der Waals surface area (Å²) in [7, 11) is 0. The summed E-state index contributed by atoms with van der Waals surface area (Å²) < 4.78 is 8.23. The van der Waals surface area contributed by atoms with Crippen LogP contribution < -0.4 is 10.1 Å². The number of amides is 1.